The Balaban J connectivity index is 1.60. The molecule has 0 radical (unpaired) electrons. The number of methoxy groups -OCH3 is 1. The monoisotopic (exact) mass is 772 g/mol. The first-order chi connectivity index (χ1) is 26.5. The van der Waals surface area contributed by atoms with Gasteiger partial charge in [0.25, 0.3) is 0 Å². The maximum Gasteiger partial charge on any atom is 0.248 e. The summed E-state index contributed by atoms with van der Waals surface area (Å²) >= 11 is 0. The van der Waals surface area contributed by atoms with E-state index in [1.807, 2.05) is 0 Å². The highest BCUT2D eigenvalue weighted by Crippen LogP contribution is 2.34. The SMILES string of the molecule is COc1ccc(C[C@@H]2C(=O)N[C@H](C)C(=O)N(C)[C@H]3C(=O)N(C)[C@@H](Cc4ccc(O)c(c4)Oc4ccc(cc4)[C@H]3O)C(=O)N[C@H](C)C(=O)N[C@@H](C)C(=O)N2C)cc1. The molecule has 56 heavy (non-hydrogen) atoms. The van der Waals surface area contributed by atoms with Crippen LogP contribution >= 0.6 is 0 Å². The number of hydrogen-bond donors (Lipinski definition) is 5. The summed E-state index contributed by atoms with van der Waals surface area (Å²) in [6.07, 6.45) is -1.76. The number of benzene rings is 3. The minimum Gasteiger partial charge on any atom is -0.504 e. The standard InChI is InChI=1S/C40H48N6O10/c1-21-35(49)42-22(2)38(52)44(4)29(18-24-8-13-27(55-7)14-9-24)37(51)43-23(3)39(53)46(6)33-34(48)26-11-15-28(16-12-26)56-32-20-25(10-17-31(32)47)19-30(36(50)41-21)45(5)40(33)54/h8-17,20-23,29-30,33-34,47-48H,18-19H2,1-7H3,(H,41,50)(H,42,49)(H,43,51)/t21-,22+,23-,29-,30+,33-,34-/m1/s1. The number of fused-ring (bicyclic) bond motifs is 2. The normalized spacial score (nSPS) is 25.7. The van der Waals surface area contributed by atoms with Crippen LogP contribution in [0, 0.1) is 0 Å². The summed E-state index contributed by atoms with van der Waals surface area (Å²) in [5, 5.41) is 30.3. The molecule has 7 atom stereocenters. The van der Waals surface area contributed by atoms with E-state index in [1.165, 1.54) is 90.3 Å². The fraction of sp³-hybridized carbons (Fsp3) is 0.400. The van der Waals surface area contributed by atoms with Gasteiger partial charge in [-0.1, -0.05) is 30.3 Å². The number of amides is 6. The second kappa shape index (κ2) is 17.1. The molecule has 16 heteroatoms. The average molecular weight is 773 g/mol. The number of likely N-dealkylation sites (N-methyl/N-ethyl adjacent to an activating group) is 3. The van der Waals surface area contributed by atoms with Crippen LogP contribution in [0.4, 0.5) is 0 Å². The number of phenols is 1. The van der Waals surface area contributed by atoms with E-state index in [4.69, 9.17) is 9.47 Å². The Kier molecular flexibility index (Phi) is 12.5. The first-order valence-corrected chi connectivity index (χ1v) is 18.1. The maximum absolute atomic E-state index is 14.6. The van der Waals surface area contributed by atoms with Crippen LogP contribution in [0.15, 0.2) is 66.7 Å². The minimum atomic E-state index is -1.64. The van der Waals surface area contributed by atoms with Crippen LogP contribution < -0.4 is 25.4 Å². The third-order valence-electron chi connectivity index (χ3n) is 10.3. The molecule has 5 N–H and O–H groups in total. The number of nitrogens with zero attached hydrogens (tertiary/aromatic N) is 3. The first kappa shape index (κ1) is 41.0. The van der Waals surface area contributed by atoms with Crippen LogP contribution in [-0.4, -0.2) is 125 Å². The van der Waals surface area contributed by atoms with Gasteiger partial charge in [0.2, 0.25) is 35.4 Å². The van der Waals surface area contributed by atoms with Gasteiger partial charge in [-0.2, -0.15) is 0 Å². The number of carbonyl (C=O) groups is 6. The predicted molar refractivity (Wildman–Crippen MR) is 202 cm³/mol. The summed E-state index contributed by atoms with van der Waals surface area (Å²) in [4.78, 5) is 87.5. The van der Waals surface area contributed by atoms with Crippen molar-refractivity contribution < 1.29 is 48.5 Å². The summed E-state index contributed by atoms with van der Waals surface area (Å²) in [7, 11) is 5.57. The lowest BCUT2D eigenvalue weighted by Crippen LogP contribution is -2.62. The van der Waals surface area contributed by atoms with Gasteiger partial charge in [-0.15, -0.1) is 0 Å². The largest absolute Gasteiger partial charge is 0.504 e. The molecule has 0 aliphatic carbocycles. The van der Waals surface area contributed by atoms with Crippen molar-refractivity contribution in [2.45, 2.75) is 76.0 Å². The lowest BCUT2D eigenvalue weighted by molar-refractivity contribution is -0.153. The molecule has 16 nitrogen and oxygen atoms in total. The van der Waals surface area contributed by atoms with E-state index in [0.717, 1.165) is 9.80 Å². The summed E-state index contributed by atoms with van der Waals surface area (Å²) in [6.45, 7) is 4.27. The van der Waals surface area contributed by atoms with E-state index >= 15 is 0 Å². The number of aliphatic hydroxyl groups is 1. The molecule has 298 valence electrons. The number of hydrogen-bond acceptors (Lipinski definition) is 10. The fourth-order valence-corrected chi connectivity index (χ4v) is 6.75. The van der Waals surface area contributed by atoms with E-state index in [2.05, 4.69) is 16.0 Å². The number of nitrogens with one attached hydrogen (secondary N) is 3. The van der Waals surface area contributed by atoms with Crippen LogP contribution in [0.25, 0.3) is 0 Å². The topological polar surface area (TPSA) is 207 Å². The van der Waals surface area contributed by atoms with Crippen LogP contribution in [0.2, 0.25) is 0 Å². The highest BCUT2D eigenvalue weighted by molar-refractivity contribution is 5.98. The summed E-state index contributed by atoms with van der Waals surface area (Å²) < 4.78 is 11.2. The average Bonchev–Trinajstić information content (AvgIpc) is 3.18. The van der Waals surface area contributed by atoms with Gasteiger partial charge < -0.3 is 50.3 Å². The molecule has 1 fully saturated rings. The minimum absolute atomic E-state index is 0.0240. The third kappa shape index (κ3) is 8.86. The molecular formula is C40H48N6O10. The lowest BCUT2D eigenvalue weighted by Gasteiger charge is -2.38. The van der Waals surface area contributed by atoms with Crippen LogP contribution in [0.3, 0.4) is 0 Å². The van der Waals surface area contributed by atoms with Crippen molar-refractivity contribution in [1.29, 1.82) is 0 Å². The Labute approximate surface area is 324 Å². The number of carbonyl (C=O) groups excluding carboxylic acids is 6. The highest BCUT2D eigenvalue weighted by Gasteiger charge is 2.42. The Bertz CT molecular complexity index is 1970. The molecule has 3 aliphatic rings. The van der Waals surface area contributed by atoms with Gasteiger partial charge >= 0.3 is 0 Å². The molecule has 6 bridgehead atoms. The Morgan fingerprint density at radius 1 is 0.714 bits per heavy atom. The maximum atomic E-state index is 14.6. The van der Waals surface area contributed by atoms with Gasteiger partial charge in [-0.05, 0) is 73.9 Å². The van der Waals surface area contributed by atoms with Gasteiger partial charge in [0.15, 0.2) is 11.5 Å². The highest BCUT2D eigenvalue weighted by atomic mass is 16.5. The summed E-state index contributed by atoms with van der Waals surface area (Å²) in [5.74, 6) is -3.58. The molecule has 0 spiro atoms. The molecule has 1 saturated heterocycles. The smallest absolute Gasteiger partial charge is 0.248 e. The molecule has 0 saturated carbocycles. The Hall–Kier alpha value is -6.16. The Morgan fingerprint density at radius 3 is 1.93 bits per heavy atom. The molecule has 3 aliphatic heterocycles. The van der Waals surface area contributed by atoms with Gasteiger partial charge in [-0.3, -0.25) is 28.8 Å². The predicted octanol–water partition coefficient (Wildman–Crippen LogP) is 1.03. The third-order valence-corrected chi connectivity index (χ3v) is 10.3. The van der Waals surface area contributed by atoms with Crippen molar-refractivity contribution in [2.75, 3.05) is 28.3 Å². The molecule has 0 aromatic heterocycles. The zero-order valence-electron chi connectivity index (χ0n) is 32.3. The first-order valence-electron chi connectivity index (χ1n) is 18.1. The Morgan fingerprint density at radius 2 is 1.30 bits per heavy atom. The van der Waals surface area contributed by atoms with Crippen molar-refractivity contribution in [2.24, 2.45) is 0 Å². The van der Waals surface area contributed by atoms with E-state index < -0.39 is 77.8 Å². The van der Waals surface area contributed by atoms with Crippen molar-refractivity contribution in [3.63, 3.8) is 0 Å². The molecule has 3 aromatic carbocycles. The van der Waals surface area contributed by atoms with Crippen molar-refractivity contribution in [3.8, 4) is 23.0 Å². The quantitative estimate of drug-likeness (QED) is 0.256. The van der Waals surface area contributed by atoms with Crippen LogP contribution in [0.1, 0.15) is 43.6 Å². The number of aromatic hydroxyl groups is 1. The lowest BCUT2D eigenvalue weighted by atomic mass is 9.96. The van der Waals surface area contributed by atoms with E-state index in [1.54, 1.807) is 30.3 Å². The number of rotatable bonds is 3. The van der Waals surface area contributed by atoms with Gasteiger partial charge in [-0.25, -0.2) is 0 Å². The molecule has 0 unspecified atom stereocenters. The van der Waals surface area contributed by atoms with Crippen molar-refractivity contribution in [3.05, 3.63) is 83.4 Å². The molecular weight excluding hydrogens is 724 g/mol. The van der Waals surface area contributed by atoms with E-state index in [-0.39, 0.29) is 29.9 Å². The zero-order valence-corrected chi connectivity index (χ0v) is 32.3. The number of phenolic OH excluding ortho intramolecular Hbond substituents is 1. The van der Waals surface area contributed by atoms with Gasteiger partial charge in [0.05, 0.1) is 7.11 Å². The van der Waals surface area contributed by atoms with Gasteiger partial charge in [0.1, 0.15) is 53.9 Å². The number of aliphatic hydroxyl groups excluding tert-OH is 1. The van der Waals surface area contributed by atoms with Gasteiger partial charge in [0, 0.05) is 34.0 Å². The van der Waals surface area contributed by atoms with Crippen LogP contribution in [-0.2, 0) is 41.6 Å². The van der Waals surface area contributed by atoms with Crippen molar-refractivity contribution >= 4 is 35.4 Å². The van der Waals surface area contributed by atoms with Crippen molar-refractivity contribution in [1.82, 2.24) is 30.7 Å². The van der Waals surface area contributed by atoms with E-state index in [9.17, 15) is 39.0 Å². The fourth-order valence-electron chi connectivity index (χ4n) is 6.75. The molecule has 6 rings (SSSR count). The van der Waals surface area contributed by atoms with E-state index in [0.29, 0.717) is 22.6 Å². The molecule has 3 heterocycles. The second-order valence-corrected chi connectivity index (χ2v) is 14.2. The number of ether oxygens (including phenoxy) is 2. The molecule has 3 aromatic rings. The second-order valence-electron chi connectivity index (χ2n) is 14.2. The summed E-state index contributed by atoms with van der Waals surface area (Å²) in [6, 6.07) is 9.63. The zero-order chi connectivity index (χ0) is 41.0. The summed E-state index contributed by atoms with van der Waals surface area (Å²) in [5.41, 5.74) is 1.36. The molecule has 6 amide bonds. The van der Waals surface area contributed by atoms with Crippen LogP contribution in [0.5, 0.6) is 23.0 Å².